The summed E-state index contributed by atoms with van der Waals surface area (Å²) in [7, 11) is 3.26. The summed E-state index contributed by atoms with van der Waals surface area (Å²) in [5.74, 6) is 2.21. The summed E-state index contributed by atoms with van der Waals surface area (Å²) in [5, 5.41) is 0. The molecular weight excluding hydrogens is 216 g/mol. The number of hydrogen-bond acceptors (Lipinski definition) is 3. The van der Waals surface area contributed by atoms with Crippen LogP contribution in [-0.2, 0) is 0 Å². The molecule has 0 heterocycles. The van der Waals surface area contributed by atoms with Crippen molar-refractivity contribution in [1.29, 1.82) is 0 Å². The number of allylic oxidation sites excluding steroid dienone is 1. The monoisotopic (exact) mass is 236 g/mol. The van der Waals surface area contributed by atoms with E-state index in [-0.39, 0.29) is 0 Å². The second-order valence-corrected chi connectivity index (χ2v) is 3.83. The molecule has 0 N–H and O–H groups in total. The Hall–Kier alpha value is -1.64. The van der Waals surface area contributed by atoms with E-state index < -0.39 is 0 Å². The first-order valence-corrected chi connectivity index (χ1v) is 5.68. The van der Waals surface area contributed by atoms with Crippen molar-refractivity contribution in [2.45, 2.75) is 20.3 Å². The molecule has 0 unspecified atom stereocenters. The van der Waals surface area contributed by atoms with Crippen LogP contribution < -0.4 is 14.2 Å². The van der Waals surface area contributed by atoms with Gasteiger partial charge in [-0.3, -0.25) is 0 Å². The van der Waals surface area contributed by atoms with Gasteiger partial charge in [-0.05, 0) is 18.9 Å². The Kier molecular flexibility index (Phi) is 4.88. The van der Waals surface area contributed by atoms with Crippen LogP contribution in [-0.4, -0.2) is 20.8 Å². The van der Waals surface area contributed by atoms with Gasteiger partial charge >= 0.3 is 0 Å². The molecule has 0 aliphatic rings. The standard InChI is InChI=1S/C14H20O3/c1-6-7-17-11-8-12(15-4)14(10(2)3)13(9-11)16-5/h8-9H,2,6-7H2,1,3-5H3. The topological polar surface area (TPSA) is 27.7 Å². The molecule has 0 atom stereocenters. The van der Waals surface area contributed by atoms with E-state index in [4.69, 9.17) is 14.2 Å². The fourth-order valence-corrected chi connectivity index (χ4v) is 1.61. The lowest BCUT2D eigenvalue weighted by Gasteiger charge is -2.15. The largest absolute Gasteiger partial charge is 0.496 e. The van der Waals surface area contributed by atoms with Gasteiger partial charge in [-0.15, -0.1) is 0 Å². The Morgan fingerprint density at radius 3 is 2.06 bits per heavy atom. The van der Waals surface area contributed by atoms with E-state index in [0.29, 0.717) is 6.61 Å². The van der Waals surface area contributed by atoms with Gasteiger partial charge in [0.25, 0.3) is 0 Å². The normalized spacial score (nSPS) is 9.88. The van der Waals surface area contributed by atoms with Gasteiger partial charge in [-0.1, -0.05) is 13.5 Å². The lowest BCUT2D eigenvalue weighted by atomic mass is 10.1. The average Bonchev–Trinajstić information content (AvgIpc) is 2.34. The fourth-order valence-electron chi connectivity index (χ4n) is 1.61. The van der Waals surface area contributed by atoms with E-state index >= 15 is 0 Å². The maximum Gasteiger partial charge on any atom is 0.133 e. The van der Waals surface area contributed by atoms with Crippen LogP contribution in [0.1, 0.15) is 25.8 Å². The second-order valence-electron chi connectivity index (χ2n) is 3.83. The highest BCUT2D eigenvalue weighted by Gasteiger charge is 2.13. The molecule has 0 aliphatic heterocycles. The van der Waals surface area contributed by atoms with Crippen LogP contribution in [0, 0.1) is 0 Å². The maximum absolute atomic E-state index is 5.59. The zero-order chi connectivity index (χ0) is 12.8. The predicted molar refractivity (Wildman–Crippen MR) is 70.0 cm³/mol. The van der Waals surface area contributed by atoms with E-state index in [1.807, 2.05) is 19.1 Å². The Balaban J connectivity index is 3.19. The Labute approximate surface area is 103 Å². The summed E-state index contributed by atoms with van der Waals surface area (Å²) in [5.41, 5.74) is 1.79. The van der Waals surface area contributed by atoms with Crippen molar-refractivity contribution < 1.29 is 14.2 Å². The zero-order valence-electron chi connectivity index (χ0n) is 11.0. The molecule has 0 spiro atoms. The van der Waals surface area contributed by atoms with Gasteiger partial charge in [0.15, 0.2) is 0 Å². The number of ether oxygens (including phenoxy) is 3. The van der Waals surface area contributed by atoms with Crippen LogP contribution in [0.5, 0.6) is 17.2 Å². The highest BCUT2D eigenvalue weighted by atomic mass is 16.5. The smallest absolute Gasteiger partial charge is 0.133 e. The molecule has 0 saturated heterocycles. The molecule has 1 rings (SSSR count). The minimum absolute atomic E-state index is 0.679. The quantitative estimate of drug-likeness (QED) is 0.756. The molecule has 0 aromatic heterocycles. The third-order valence-electron chi connectivity index (χ3n) is 2.38. The molecule has 0 saturated carbocycles. The van der Waals surface area contributed by atoms with Gasteiger partial charge in [0, 0.05) is 12.1 Å². The highest BCUT2D eigenvalue weighted by molar-refractivity contribution is 5.74. The number of hydrogen-bond donors (Lipinski definition) is 0. The van der Waals surface area contributed by atoms with E-state index in [1.54, 1.807) is 14.2 Å². The first kappa shape index (κ1) is 13.4. The summed E-state index contributed by atoms with van der Waals surface area (Å²) in [6.45, 7) is 8.60. The van der Waals surface area contributed by atoms with Crippen molar-refractivity contribution in [3.05, 3.63) is 24.3 Å². The first-order valence-electron chi connectivity index (χ1n) is 5.68. The average molecular weight is 236 g/mol. The van der Waals surface area contributed by atoms with E-state index in [9.17, 15) is 0 Å². The predicted octanol–water partition coefficient (Wildman–Crippen LogP) is 3.53. The van der Waals surface area contributed by atoms with E-state index in [2.05, 4.69) is 13.5 Å². The number of methoxy groups -OCH3 is 2. The maximum atomic E-state index is 5.59. The summed E-state index contributed by atoms with van der Waals surface area (Å²) < 4.78 is 16.3. The molecule has 1 aromatic rings. The fraction of sp³-hybridized carbons (Fsp3) is 0.429. The molecule has 0 amide bonds. The highest BCUT2D eigenvalue weighted by Crippen LogP contribution is 2.38. The van der Waals surface area contributed by atoms with E-state index in [0.717, 1.165) is 34.8 Å². The van der Waals surface area contributed by atoms with Gasteiger partial charge in [-0.25, -0.2) is 0 Å². The van der Waals surface area contributed by atoms with Crippen molar-refractivity contribution in [2.75, 3.05) is 20.8 Å². The van der Waals surface area contributed by atoms with Crippen molar-refractivity contribution in [1.82, 2.24) is 0 Å². The van der Waals surface area contributed by atoms with Crippen LogP contribution in [0.25, 0.3) is 5.57 Å². The zero-order valence-corrected chi connectivity index (χ0v) is 11.0. The summed E-state index contributed by atoms with van der Waals surface area (Å²) >= 11 is 0. The van der Waals surface area contributed by atoms with Crippen molar-refractivity contribution in [3.63, 3.8) is 0 Å². The van der Waals surface area contributed by atoms with Crippen LogP contribution in [0.2, 0.25) is 0 Å². The molecular formula is C14H20O3. The van der Waals surface area contributed by atoms with Crippen LogP contribution in [0.15, 0.2) is 18.7 Å². The summed E-state index contributed by atoms with van der Waals surface area (Å²) in [4.78, 5) is 0. The van der Waals surface area contributed by atoms with Gasteiger partial charge < -0.3 is 14.2 Å². The van der Waals surface area contributed by atoms with Gasteiger partial charge in [0.2, 0.25) is 0 Å². The minimum Gasteiger partial charge on any atom is -0.496 e. The minimum atomic E-state index is 0.679. The van der Waals surface area contributed by atoms with E-state index in [1.165, 1.54) is 0 Å². The molecule has 3 heteroatoms. The van der Waals surface area contributed by atoms with Crippen molar-refractivity contribution in [3.8, 4) is 17.2 Å². The Morgan fingerprint density at radius 1 is 1.18 bits per heavy atom. The molecule has 0 bridgehead atoms. The molecule has 1 aromatic carbocycles. The Morgan fingerprint density at radius 2 is 1.71 bits per heavy atom. The molecule has 3 nitrogen and oxygen atoms in total. The lowest BCUT2D eigenvalue weighted by Crippen LogP contribution is -1.99. The SMILES string of the molecule is C=C(C)c1c(OC)cc(OCCC)cc1OC. The molecule has 17 heavy (non-hydrogen) atoms. The lowest BCUT2D eigenvalue weighted by molar-refractivity contribution is 0.310. The van der Waals surface area contributed by atoms with Crippen molar-refractivity contribution >= 4 is 5.57 Å². The van der Waals surface area contributed by atoms with Gasteiger partial charge in [0.1, 0.15) is 17.2 Å². The molecule has 0 aliphatic carbocycles. The second kappa shape index (κ2) is 6.18. The van der Waals surface area contributed by atoms with Gasteiger partial charge in [0.05, 0.1) is 26.4 Å². The number of benzene rings is 1. The van der Waals surface area contributed by atoms with Gasteiger partial charge in [-0.2, -0.15) is 0 Å². The number of rotatable bonds is 6. The summed E-state index contributed by atoms with van der Waals surface area (Å²) in [6.07, 6.45) is 0.965. The third-order valence-corrected chi connectivity index (χ3v) is 2.38. The molecule has 0 fully saturated rings. The van der Waals surface area contributed by atoms with Crippen LogP contribution in [0.4, 0.5) is 0 Å². The summed E-state index contributed by atoms with van der Waals surface area (Å²) in [6, 6.07) is 3.73. The van der Waals surface area contributed by atoms with Crippen LogP contribution in [0.3, 0.4) is 0 Å². The van der Waals surface area contributed by atoms with Crippen LogP contribution >= 0.6 is 0 Å². The van der Waals surface area contributed by atoms with Crippen molar-refractivity contribution in [2.24, 2.45) is 0 Å². The molecule has 94 valence electrons. The first-order chi connectivity index (χ1) is 8.13. The third kappa shape index (κ3) is 3.16. The Bertz CT molecular complexity index is 371. The molecule has 0 radical (unpaired) electrons.